The third-order valence-corrected chi connectivity index (χ3v) is 7.23. The Kier molecular flexibility index (Phi) is 6.34. The predicted octanol–water partition coefficient (Wildman–Crippen LogP) is 9.12. The molecule has 0 radical (unpaired) electrons. The van der Waals surface area contributed by atoms with Crippen LogP contribution >= 0.6 is 23.2 Å². The minimum Gasteiger partial charge on any atom is -0.457 e. The van der Waals surface area contributed by atoms with Crippen molar-refractivity contribution in [1.29, 1.82) is 0 Å². The normalized spacial score (nSPS) is 16.5. The van der Waals surface area contributed by atoms with Crippen LogP contribution in [-0.2, 0) is 11.3 Å². The fraction of sp³-hybridized carbons (Fsp3) is 0.111. The molecule has 12 heteroatoms. The number of hydrogen-bond acceptors (Lipinski definition) is 10. The first-order valence-electron chi connectivity index (χ1n) is 11.8. The van der Waals surface area contributed by atoms with Crippen LogP contribution in [0.3, 0.4) is 0 Å². The number of hydrogen-bond donors (Lipinski definition) is 0. The number of rotatable bonds is 8. The molecular weight excluding hydrogens is 539 g/mol. The van der Waals surface area contributed by atoms with Gasteiger partial charge in [0.1, 0.15) is 23.0 Å². The number of benzene rings is 4. The highest BCUT2D eigenvalue weighted by atomic mass is 35.5. The zero-order chi connectivity index (χ0) is 26.8. The number of halogens is 2. The van der Waals surface area contributed by atoms with Crippen molar-refractivity contribution >= 4 is 23.2 Å². The Morgan fingerprint density at radius 2 is 0.795 bits per heavy atom. The molecule has 0 saturated carbocycles. The molecular formula is C27H18Cl2N8O2. The van der Waals surface area contributed by atoms with Crippen molar-refractivity contribution in [3.8, 4) is 23.0 Å². The molecule has 2 heterocycles. The van der Waals surface area contributed by atoms with E-state index in [-0.39, 0.29) is 0 Å². The van der Waals surface area contributed by atoms with Crippen LogP contribution in [0.1, 0.15) is 11.1 Å². The monoisotopic (exact) mass is 556 g/mol. The van der Waals surface area contributed by atoms with E-state index < -0.39 is 15.7 Å². The average molecular weight is 557 g/mol. The van der Waals surface area contributed by atoms with Gasteiger partial charge in [0.25, 0.3) is 11.3 Å². The molecule has 4 aromatic rings. The molecule has 0 aromatic heterocycles. The molecule has 0 bridgehead atoms. The summed E-state index contributed by atoms with van der Waals surface area (Å²) in [5, 5.41) is 32.6. The van der Waals surface area contributed by atoms with Crippen molar-refractivity contribution in [2.75, 3.05) is 0 Å². The Morgan fingerprint density at radius 3 is 1.18 bits per heavy atom. The fourth-order valence-corrected chi connectivity index (χ4v) is 5.05. The molecule has 4 aromatic carbocycles. The quantitative estimate of drug-likeness (QED) is 0.201. The Bertz CT molecular complexity index is 1470. The lowest BCUT2D eigenvalue weighted by Gasteiger charge is -2.41. The maximum Gasteiger partial charge on any atom is 0.261 e. The minimum atomic E-state index is -2.13. The second-order valence-corrected chi connectivity index (χ2v) is 9.83. The van der Waals surface area contributed by atoms with Crippen LogP contribution in [0.15, 0.2) is 151 Å². The molecule has 39 heavy (non-hydrogen) atoms. The maximum absolute atomic E-state index is 7.32. The molecule has 0 saturated heterocycles. The lowest BCUT2D eigenvalue weighted by Crippen LogP contribution is -2.53. The summed E-state index contributed by atoms with van der Waals surface area (Å²) in [6.07, 6.45) is 0. The molecule has 0 unspecified atom stereocenters. The van der Waals surface area contributed by atoms with Gasteiger partial charge in [0, 0.05) is 0 Å². The van der Waals surface area contributed by atoms with E-state index in [0.717, 1.165) is 0 Å². The SMILES string of the molecule is ClC(Cl)(C1(c2ccccc2Oc2ccccc2)N=NN=N1)C1(c2ccccc2Oc2ccccc2)N=NN=N1. The Labute approximate surface area is 232 Å². The van der Waals surface area contributed by atoms with E-state index in [2.05, 4.69) is 41.4 Å². The smallest absolute Gasteiger partial charge is 0.261 e. The van der Waals surface area contributed by atoms with Gasteiger partial charge in [-0.3, -0.25) is 0 Å². The summed E-state index contributed by atoms with van der Waals surface area (Å²) in [6.45, 7) is 0. The highest BCUT2D eigenvalue weighted by Crippen LogP contribution is 2.62. The molecule has 2 aliphatic rings. The first kappa shape index (κ1) is 24.8. The third kappa shape index (κ3) is 4.14. The second kappa shape index (κ2) is 9.97. The first-order chi connectivity index (χ1) is 19.1. The highest BCUT2D eigenvalue weighted by molar-refractivity contribution is 6.50. The van der Waals surface area contributed by atoms with Crippen molar-refractivity contribution in [3.05, 3.63) is 120 Å². The van der Waals surface area contributed by atoms with Crippen LogP contribution in [0.2, 0.25) is 0 Å². The molecule has 0 atom stereocenters. The largest absolute Gasteiger partial charge is 0.457 e. The van der Waals surface area contributed by atoms with E-state index in [1.54, 1.807) is 48.5 Å². The maximum atomic E-state index is 7.32. The van der Waals surface area contributed by atoms with Gasteiger partial charge in [-0.05, 0) is 57.3 Å². The molecule has 6 rings (SSSR count). The van der Waals surface area contributed by atoms with Crippen molar-refractivity contribution in [2.24, 2.45) is 41.4 Å². The summed E-state index contributed by atoms with van der Waals surface area (Å²) in [6, 6.07) is 32.5. The number of alkyl halides is 2. The Morgan fingerprint density at radius 1 is 0.462 bits per heavy atom. The summed E-state index contributed by atoms with van der Waals surface area (Å²) in [4.78, 5) is 0. The molecule has 192 valence electrons. The average Bonchev–Trinajstić information content (AvgIpc) is 3.67. The van der Waals surface area contributed by atoms with Crippen molar-refractivity contribution in [3.63, 3.8) is 0 Å². The summed E-state index contributed by atoms with van der Waals surface area (Å²) >= 11 is 14.6. The van der Waals surface area contributed by atoms with Gasteiger partial charge >= 0.3 is 0 Å². The molecule has 0 spiro atoms. The summed E-state index contributed by atoms with van der Waals surface area (Å²) in [7, 11) is 0. The van der Waals surface area contributed by atoms with E-state index in [9.17, 15) is 0 Å². The van der Waals surface area contributed by atoms with Gasteiger partial charge in [-0.1, -0.05) is 96.0 Å². The lowest BCUT2D eigenvalue weighted by molar-refractivity contribution is 0.258. The van der Waals surface area contributed by atoms with Crippen LogP contribution in [-0.4, -0.2) is 4.33 Å². The summed E-state index contributed by atoms with van der Waals surface area (Å²) in [5.41, 5.74) is -2.96. The van der Waals surface area contributed by atoms with Gasteiger partial charge < -0.3 is 9.47 Å². The van der Waals surface area contributed by atoms with Crippen LogP contribution in [0, 0.1) is 0 Å². The van der Waals surface area contributed by atoms with E-state index in [4.69, 9.17) is 32.7 Å². The van der Waals surface area contributed by atoms with Crippen LogP contribution in [0.4, 0.5) is 0 Å². The standard InChI is InChI=1S/C27H18Cl2N8O2/c28-27(29,25(30-34-35-31-25)21-15-7-9-17-23(21)38-19-11-3-1-4-12-19)26(32-36-37-33-26)22-16-8-10-18-24(22)39-20-13-5-2-6-14-20/h1-18H. The molecule has 0 N–H and O–H groups in total. The Hall–Kier alpha value is -4.54. The minimum absolute atomic E-state index is 0.377. The van der Waals surface area contributed by atoms with Crippen molar-refractivity contribution < 1.29 is 9.47 Å². The van der Waals surface area contributed by atoms with Gasteiger partial charge in [-0.2, -0.15) is 0 Å². The number of nitrogens with zero attached hydrogens (tertiary/aromatic N) is 8. The van der Waals surface area contributed by atoms with E-state index in [1.165, 1.54) is 0 Å². The number of ether oxygens (including phenoxy) is 2. The van der Waals surface area contributed by atoms with Gasteiger partial charge in [0.05, 0.1) is 11.1 Å². The van der Waals surface area contributed by atoms with Crippen molar-refractivity contribution in [1.82, 2.24) is 0 Å². The first-order valence-corrected chi connectivity index (χ1v) is 12.5. The van der Waals surface area contributed by atoms with Gasteiger partial charge in [-0.15, -0.1) is 20.5 Å². The van der Waals surface area contributed by atoms with Crippen LogP contribution in [0.5, 0.6) is 23.0 Å². The number of para-hydroxylation sites is 4. The molecule has 2 aliphatic heterocycles. The zero-order valence-corrected chi connectivity index (χ0v) is 21.6. The highest BCUT2D eigenvalue weighted by Gasteiger charge is 2.70. The van der Waals surface area contributed by atoms with E-state index >= 15 is 0 Å². The molecule has 0 aliphatic carbocycles. The summed E-state index contributed by atoms with van der Waals surface area (Å²) in [5.74, 6) is 1.92. The predicted molar refractivity (Wildman–Crippen MR) is 143 cm³/mol. The molecule has 0 fully saturated rings. The van der Waals surface area contributed by atoms with Crippen LogP contribution in [0.25, 0.3) is 0 Å². The van der Waals surface area contributed by atoms with Crippen molar-refractivity contribution in [2.45, 2.75) is 15.7 Å². The Balaban J connectivity index is 1.51. The topological polar surface area (TPSA) is 117 Å². The van der Waals surface area contributed by atoms with Gasteiger partial charge in [0.15, 0.2) is 0 Å². The van der Waals surface area contributed by atoms with E-state index in [1.807, 2.05) is 60.7 Å². The molecule has 0 amide bonds. The molecule has 10 nitrogen and oxygen atoms in total. The van der Waals surface area contributed by atoms with Gasteiger partial charge in [0.2, 0.25) is 4.33 Å². The summed E-state index contributed by atoms with van der Waals surface area (Å²) < 4.78 is 10.3. The zero-order valence-electron chi connectivity index (χ0n) is 20.0. The second-order valence-electron chi connectivity index (χ2n) is 8.50. The third-order valence-electron chi connectivity index (χ3n) is 6.18. The lowest BCUT2D eigenvalue weighted by atomic mass is 9.84. The van der Waals surface area contributed by atoms with E-state index in [0.29, 0.717) is 34.1 Å². The van der Waals surface area contributed by atoms with Crippen LogP contribution < -0.4 is 9.47 Å². The fourth-order valence-electron chi connectivity index (χ4n) is 4.35. The van der Waals surface area contributed by atoms with Gasteiger partial charge in [-0.25, -0.2) is 0 Å².